The van der Waals surface area contributed by atoms with Crippen LogP contribution in [0.25, 0.3) is 0 Å². The average molecular weight is 400 g/mol. The first-order valence-electron chi connectivity index (χ1n) is 7.39. The molecule has 1 amide bonds. The van der Waals surface area contributed by atoms with E-state index in [0.717, 1.165) is 0 Å². The van der Waals surface area contributed by atoms with Gasteiger partial charge in [0.2, 0.25) is 0 Å². The molecule has 1 N–H and O–H groups in total. The van der Waals surface area contributed by atoms with Crippen molar-refractivity contribution in [3.63, 3.8) is 0 Å². The molecule has 1 atom stereocenters. The van der Waals surface area contributed by atoms with E-state index in [0.29, 0.717) is 15.6 Å². The second-order valence-corrected chi connectivity index (χ2v) is 6.94. The van der Waals surface area contributed by atoms with E-state index in [4.69, 9.17) is 27.9 Å². The summed E-state index contributed by atoms with van der Waals surface area (Å²) in [4.78, 5) is 36.3. The standard InChI is InChI=1S/C17H15Cl2NO4S/c1-10(17(23)20-13-5-4-11(18)9-12(13)19)24-16(22)7-6-14(21)15-3-2-8-25-15/h2-5,8-10H,6-7H2,1H3,(H,20,23). The predicted molar refractivity (Wildman–Crippen MR) is 98.5 cm³/mol. The summed E-state index contributed by atoms with van der Waals surface area (Å²) in [7, 11) is 0. The number of nitrogens with one attached hydrogen (secondary N) is 1. The Hall–Kier alpha value is -1.89. The van der Waals surface area contributed by atoms with Crippen molar-refractivity contribution in [2.75, 3.05) is 5.32 Å². The van der Waals surface area contributed by atoms with Crippen LogP contribution in [0.4, 0.5) is 5.69 Å². The summed E-state index contributed by atoms with van der Waals surface area (Å²) in [6.45, 7) is 1.44. The van der Waals surface area contributed by atoms with Crippen LogP contribution in [-0.4, -0.2) is 23.8 Å². The lowest BCUT2D eigenvalue weighted by atomic mass is 10.2. The minimum absolute atomic E-state index is 0.0384. The van der Waals surface area contributed by atoms with Gasteiger partial charge in [0.25, 0.3) is 5.91 Å². The summed E-state index contributed by atoms with van der Waals surface area (Å²) in [5, 5.41) is 5.07. The molecule has 0 spiro atoms. The topological polar surface area (TPSA) is 72.5 Å². The number of amides is 1. The van der Waals surface area contributed by atoms with E-state index in [2.05, 4.69) is 5.32 Å². The third-order valence-electron chi connectivity index (χ3n) is 3.22. The first-order valence-corrected chi connectivity index (χ1v) is 9.02. The molecule has 1 aromatic heterocycles. The molecule has 0 aliphatic rings. The SMILES string of the molecule is CC(OC(=O)CCC(=O)c1cccs1)C(=O)Nc1ccc(Cl)cc1Cl. The highest BCUT2D eigenvalue weighted by Gasteiger charge is 2.19. The normalized spacial score (nSPS) is 11.6. The summed E-state index contributed by atoms with van der Waals surface area (Å²) in [6.07, 6.45) is -1.07. The Morgan fingerprint density at radius 2 is 1.96 bits per heavy atom. The predicted octanol–water partition coefficient (Wildman–Crippen LogP) is 4.59. The number of carbonyl (C=O) groups is 3. The zero-order valence-corrected chi connectivity index (χ0v) is 15.6. The third-order valence-corrected chi connectivity index (χ3v) is 4.68. The molecule has 132 valence electrons. The van der Waals surface area contributed by atoms with Gasteiger partial charge in [-0.1, -0.05) is 29.3 Å². The lowest BCUT2D eigenvalue weighted by molar-refractivity contribution is -0.153. The molecule has 0 saturated carbocycles. The fourth-order valence-corrected chi connectivity index (χ4v) is 3.06. The van der Waals surface area contributed by atoms with Crippen LogP contribution < -0.4 is 5.32 Å². The molecule has 5 nitrogen and oxygen atoms in total. The molecule has 25 heavy (non-hydrogen) atoms. The van der Waals surface area contributed by atoms with E-state index in [1.54, 1.807) is 29.6 Å². The van der Waals surface area contributed by atoms with Crippen molar-refractivity contribution in [1.82, 2.24) is 0 Å². The number of halogens is 2. The van der Waals surface area contributed by atoms with Gasteiger partial charge in [0.15, 0.2) is 11.9 Å². The molecule has 0 fully saturated rings. The van der Waals surface area contributed by atoms with E-state index in [1.165, 1.54) is 24.3 Å². The van der Waals surface area contributed by atoms with Crippen LogP contribution in [0.1, 0.15) is 29.4 Å². The van der Waals surface area contributed by atoms with Crippen molar-refractivity contribution in [1.29, 1.82) is 0 Å². The fourth-order valence-electron chi connectivity index (χ4n) is 1.91. The van der Waals surface area contributed by atoms with Crippen LogP contribution in [-0.2, 0) is 14.3 Å². The summed E-state index contributed by atoms with van der Waals surface area (Å²) in [5.74, 6) is -1.27. The van der Waals surface area contributed by atoms with Crippen LogP contribution in [0, 0.1) is 0 Å². The number of ether oxygens (including phenoxy) is 1. The van der Waals surface area contributed by atoms with Gasteiger partial charge in [0.05, 0.1) is 22.0 Å². The highest BCUT2D eigenvalue weighted by Crippen LogP contribution is 2.25. The van der Waals surface area contributed by atoms with Crippen molar-refractivity contribution >= 4 is 57.9 Å². The van der Waals surface area contributed by atoms with E-state index < -0.39 is 18.0 Å². The van der Waals surface area contributed by atoms with Crippen LogP contribution in [0.3, 0.4) is 0 Å². The Labute approximate surface area is 158 Å². The molecule has 0 bridgehead atoms. The molecular weight excluding hydrogens is 385 g/mol. The number of esters is 1. The van der Waals surface area contributed by atoms with Crippen molar-refractivity contribution < 1.29 is 19.1 Å². The zero-order valence-electron chi connectivity index (χ0n) is 13.3. The van der Waals surface area contributed by atoms with Gasteiger partial charge in [-0.05, 0) is 36.6 Å². The Bertz CT molecular complexity index is 777. The average Bonchev–Trinajstić information content (AvgIpc) is 3.09. The largest absolute Gasteiger partial charge is 0.453 e. The highest BCUT2D eigenvalue weighted by atomic mass is 35.5. The molecule has 0 aliphatic carbocycles. The monoisotopic (exact) mass is 399 g/mol. The fraction of sp³-hybridized carbons (Fsp3) is 0.235. The van der Waals surface area contributed by atoms with E-state index in [1.807, 2.05) is 0 Å². The van der Waals surface area contributed by atoms with Gasteiger partial charge in [0, 0.05) is 11.4 Å². The Morgan fingerprint density at radius 1 is 1.20 bits per heavy atom. The summed E-state index contributed by atoms with van der Waals surface area (Å²) in [5.41, 5.74) is 0.367. The third kappa shape index (κ3) is 5.85. The maximum atomic E-state index is 12.1. The molecule has 1 heterocycles. The van der Waals surface area contributed by atoms with Crippen molar-refractivity contribution in [2.45, 2.75) is 25.9 Å². The minimum atomic E-state index is -1.02. The zero-order chi connectivity index (χ0) is 18.4. The number of carbonyl (C=O) groups excluding carboxylic acids is 3. The van der Waals surface area contributed by atoms with Gasteiger partial charge < -0.3 is 10.1 Å². The first-order chi connectivity index (χ1) is 11.9. The number of benzene rings is 1. The van der Waals surface area contributed by atoms with Crippen molar-refractivity contribution in [2.24, 2.45) is 0 Å². The molecule has 2 rings (SSSR count). The summed E-state index contributed by atoms with van der Waals surface area (Å²) < 4.78 is 5.05. The molecule has 0 saturated heterocycles. The molecule has 1 unspecified atom stereocenters. The molecule has 0 radical (unpaired) electrons. The van der Waals surface area contributed by atoms with Gasteiger partial charge in [-0.15, -0.1) is 11.3 Å². The minimum Gasteiger partial charge on any atom is -0.453 e. The van der Waals surface area contributed by atoms with Crippen LogP contribution in [0.2, 0.25) is 10.0 Å². The Balaban J connectivity index is 1.81. The van der Waals surface area contributed by atoms with Crippen LogP contribution >= 0.6 is 34.5 Å². The van der Waals surface area contributed by atoms with Crippen molar-refractivity contribution in [3.05, 3.63) is 50.6 Å². The lowest BCUT2D eigenvalue weighted by Crippen LogP contribution is -2.30. The van der Waals surface area contributed by atoms with Gasteiger partial charge in [-0.3, -0.25) is 14.4 Å². The van der Waals surface area contributed by atoms with Crippen molar-refractivity contribution in [3.8, 4) is 0 Å². The number of anilines is 1. The summed E-state index contributed by atoms with van der Waals surface area (Å²) in [6, 6.07) is 8.09. The van der Waals surface area contributed by atoms with Gasteiger partial charge >= 0.3 is 5.97 Å². The highest BCUT2D eigenvalue weighted by molar-refractivity contribution is 7.12. The van der Waals surface area contributed by atoms with Gasteiger partial charge in [-0.25, -0.2) is 0 Å². The second-order valence-electron chi connectivity index (χ2n) is 5.15. The maximum absolute atomic E-state index is 12.1. The number of Topliss-reactive ketones (excluding diaryl/α,β-unsaturated/α-hetero) is 1. The Kier molecular flexibility index (Phi) is 6.99. The first kappa shape index (κ1) is 19.4. The number of hydrogen-bond donors (Lipinski definition) is 1. The number of ketones is 1. The summed E-state index contributed by atoms with van der Waals surface area (Å²) >= 11 is 13.1. The molecule has 2 aromatic rings. The second kappa shape index (κ2) is 8.99. The maximum Gasteiger partial charge on any atom is 0.307 e. The Morgan fingerprint density at radius 3 is 2.60 bits per heavy atom. The number of thiophene rings is 1. The van der Waals surface area contributed by atoms with Crippen LogP contribution in [0.5, 0.6) is 0 Å². The molecule has 1 aromatic carbocycles. The number of hydrogen-bond acceptors (Lipinski definition) is 5. The molecular formula is C17H15Cl2NO4S. The number of rotatable bonds is 7. The van der Waals surface area contributed by atoms with E-state index in [9.17, 15) is 14.4 Å². The molecule has 0 aliphatic heterocycles. The van der Waals surface area contributed by atoms with E-state index in [-0.39, 0.29) is 23.6 Å². The lowest BCUT2D eigenvalue weighted by Gasteiger charge is -2.14. The van der Waals surface area contributed by atoms with Gasteiger partial charge in [-0.2, -0.15) is 0 Å². The van der Waals surface area contributed by atoms with Crippen LogP contribution in [0.15, 0.2) is 35.7 Å². The van der Waals surface area contributed by atoms with Gasteiger partial charge in [0.1, 0.15) is 0 Å². The van der Waals surface area contributed by atoms with E-state index >= 15 is 0 Å². The quantitative estimate of drug-likeness (QED) is 0.545. The molecule has 8 heteroatoms. The smallest absolute Gasteiger partial charge is 0.307 e.